The molecule has 104 valence electrons. The van der Waals surface area contributed by atoms with Crippen LogP contribution in [0.15, 0.2) is 24.3 Å². The number of ketones is 1. The Labute approximate surface area is 120 Å². The molecule has 1 saturated carbocycles. The van der Waals surface area contributed by atoms with Gasteiger partial charge in [-0.3, -0.25) is 9.69 Å². The summed E-state index contributed by atoms with van der Waals surface area (Å²) < 4.78 is 0. The molecule has 0 heterocycles. The molecular formula is C16H22ClNO. The van der Waals surface area contributed by atoms with E-state index in [2.05, 4.69) is 18.7 Å². The van der Waals surface area contributed by atoms with Crippen LogP contribution in [-0.4, -0.2) is 29.8 Å². The lowest BCUT2D eigenvalue weighted by Gasteiger charge is -2.23. The van der Waals surface area contributed by atoms with E-state index in [0.29, 0.717) is 29.0 Å². The van der Waals surface area contributed by atoms with Crippen LogP contribution in [0.25, 0.3) is 0 Å². The first-order chi connectivity index (χ1) is 9.08. The highest BCUT2D eigenvalue weighted by Crippen LogP contribution is 2.28. The van der Waals surface area contributed by atoms with Crippen LogP contribution in [0, 0.1) is 5.92 Å². The molecule has 0 spiro atoms. The fraction of sp³-hybridized carbons (Fsp3) is 0.562. The zero-order valence-electron chi connectivity index (χ0n) is 11.7. The van der Waals surface area contributed by atoms with Gasteiger partial charge in [-0.15, -0.1) is 0 Å². The van der Waals surface area contributed by atoms with Gasteiger partial charge in [0.2, 0.25) is 0 Å². The van der Waals surface area contributed by atoms with Gasteiger partial charge in [-0.05, 0) is 30.9 Å². The minimum atomic E-state index is 0.153. The van der Waals surface area contributed by atoms with E-state index in [0.717, 1.165) is 13.1 Å². The van der Waals surface area contributed by atoms with Crippen LogP contribution in [0.2, 0.25) is 5.02 Å². The number of halogens is 1. The molecule has 0 amide bonds. The van der Waals surface area contributed by atoms with Crippen LogP contribution in [0.3, 0.4) is 0 Å². The molecule has 0 aromatic heterocycles. The summed E-state index contributed by atoms with van der Waals surface area (Å²) in [5, 5.41) is 0.564. The summed E-state index contributed by atoms with van der Waals surface area (Å²) >= 11 is 6.06. The smallest absolute Gasteiger partial charge is 0.165 e. The molecule has 0 N–H and O–H groups in total. The van der Waals surface area contributed by atoms with Crippen molar-refractivity contribution in [2.75, 3.05) is 13.1 Å². The van der Waals surface area contributed by atoms with Gasteiger partial charge >= 0.3 is 0 Å². The number of carbonyl (C=O) groups excluding carboxylic acids is 1. The maximum atomic E-state index is 12.2. The second kappa shape index (κ2) is 6.53. The molecule has 2 rings (SSSR count). The van der Waals surface area contributed by atoms with E-state index >= 15 is 0 Å². The van der Waals surface area contributed by atoms with Crippen molar-refractivity contribution in [1.29, 1.82) is 0 Å². The molecule has 0 radical (unpaired) electrons. The van der Waals surface area contributed by atoms with Crippen molar-refractivity contribution in [2.45, 2.75) is 39.2 Å². The summed E-state index contributed by atoms with van der Waals surface area (Å²) in [5.41, 5.74) is 0.657. The average molecular weight is 280 g/mol. The van der Waals surface area contributed by atoms with Gasteiger partial charge in [-0.25, -0.2) is 0 Å². The Morgan fingerprint density at radius 3 is 2.63 bits per heavy atom. The fourth-order valence-corrected chi connectivity index (χ4v) is 2.64. The number of benzene rings is 1. The number of hydrogen-bond acceptors (Lipinski definition) is 2. The second-order valence-corrected chi connectivity index (χ2v) is 6.18. The van der Waals surface area contributed by atoms with Crippen LogP contribution in [0.1, 0.15) is 43.5 Å². The Kier molecular flexibility index (Phi) is 5.00. The molecule has 1 aromatic carbocycles. The van der Waals surface area contributed by atoms with Gasteiger partial charge in [-0.2, -0.15) is 0 Å². The zero-order valence-corrected chi connectivity index (χ0v) is 12.5. The Balaban J connectivity index is 1.90. The molecule has 19 heavy (non-hydrogen) atoms. The number of nitrogens with zero attached hydrogens (tertiary/aromatic N) is 1. The third-order valence-electron chi connectivity index (χ3n) is 3.46. The molecule has 1 aliphatic carbocycles. The van der Waals surface area contributed by atoms with Crippen LogP contribution < -0.4 is 0 Å². The third kappa shape index (κ3) is 4.32. The van der Waals surface area contributed by atoms with Crippen molar-refractivity contribution in [3.8, 4) is 0 Å². The van der Waals surface area contributed by atoms with Gasteiger partial charge in [-0.1, -0.05) is 37.6 Å². The molecule has 0 aliphatic heterocycles. The van der Waals surface area contributed by atoms with Crippen LogP contribution in [0.4, 0.5) is 0 Å². The molecule has 0 bridgehead atoms. The molecule has 1 aliphatic rings. The molecule has 0 unspecified atom stereocenters. The van der Waals surface area contributed by atoms with Gasteiger partial charge < -0.3 is 0 Å². The molecular weight excluding hydrogens is 258 g/mol. The first-order valence-electron chi connectivity index (χ1n) is 7.09. The number of rotatable bonds is 7. The van der Waals surface area contributed by atoms with Crippen molar-refractivity contribution < 1.29 is 4.79 Å². The van der Waals surface area contributed by atoms with Crippen LogP contribution in [-0.2, 0) is 0 Å². The highest BCUT2D eigenvalue weighted by molar-refractivity contribution is 6.33. The SMILES string of the molecule is CC(C)CN(CCC(=O)c1ccccc1Cl)C1CC1. The lowest BCUT2D eigenvalue weighted by Crippen LogP contribution is -2.32. The van der Waals surface area contributed by atoms with E-state index in [-0.39, 0.29) is 5.78 Å². The van der Waals surface area contributed by atoms with Gasteiger partial charge in [0.05, 0.1) is 5.02 Å². The fourth-order valence-electron chi connectivity index (χ4n) is 2.40. The summed E-state index contributed by atoms with van der Waals surface area (Å²) in [7, 11) is 0. The molecule has 0 atom stereocenters. The predicted octanol–water partition coefficient (Wildman–Crippen LogP) is 4.03. The van der Waals surface area contributed by atoms with E-state index in [4.69, 9.17) is 11.6 Å². The minimum absolute atomic E-state index is 0.153. The van der Waals surface area contributed by atoms with Gasteiger partial charge in [0.15, 0.2) is 5.78 Å². The minimum Gasteiger partial charge on any atom is -0.300 e. The van der Waals surface area contributed by atoms with Crippen LogP contribution >= 0.6 is 11.6 Å². The highest BCUT2D eigenvalue weighted by atomic mass is 35.5. The molecule has 0 saturated heterocycles. The molecule has 1 aromatic rings. The standard InChI is InChI=1S/C16H22ClNO/c1-12(2)11-18(13-7-8-13)10-9-16(19)14-5-3-4-6-15(14)17/h3-6,12-13H,7-11H2,1-2H3. The van der Waals surface area contributed by atoms with Gasteiger partial charge in [0.1, 0.15) is 0 Å². The Bertz CT molecular complexity index is 440. The summed E-state index contributed by atoms with van der Waals surface area (Å²) in [4.78, 5) is 14.6. The predicted molar refractivity (Wildman–Crippen MR) is 79.8 cm³/mol. The number of carbonyl (C=O) groups is 1. The normalized spacial score (nSPS) is 15.2. The van der Waals surface area contributed by atoms with Crippen LogP contribution in [0.5, 0.6) is 0 Å². The van der Waals surface area contributed by atoms with Crippen molar-refractivity contribution >= 4 is 17.4 Å². The van der Waals surface area contributed by atoms with E-state index in [1.807, 2.05) is 18.2 Å². The van der Waals surface area contributed by atoms with Crippen molar-refractivity contribution in [1.82, 2.24) is 4.90 Å². The van der Waals surface area contributed by atoms with Crippen molar-refractivity contribution in [2.24, 2.45) is 5.92 Å². The second-order valence-electron chi connectivity index (χ2n) is 5.77. The van der Waals surface area contributed by atoms with Crippen molar-refractivity contribution in [3.05, 3.63) is 34.9 Å². The Morgan fingerprint density at radius 1 is 1.37 bits per heavy atom. The first kappa shape index (κ1) is 14.5. The van der Waals surface area contributed by atoms with E-state index < -0.39 is 0 Å². The molecule has 3 heteroatoms. The Morgan fingerprint density at radius 2 is 2.05 bits per heavy atom. The van der Waals surface area contributed by atoms with E-state index in [1.165, 1.54) is 12.8 Å². The van der Waals surface area contributed by atoms with E-state index in [1.54, 1.807) is 6.07 Å². The zero-order chi connectivity index (χ0) is 13.8. The van der Waals surface area contributed by atoms with Gasteiger partial charge in [0, 0.05) is 31.1 Å². The average Bonchev–Trinajstić information content (AvgIpc) is 3.18. The number of hydrogen-bond donors (Lipinski definition) is 0. The van der Waals surface area contributed by atoms with E-state index in [9.17, 15) is 4.79 Å². The monoisotopic (exact) mass is 279 g/mol. The maximum absolute atomic E-state index is 12.2. The number of Topliss-reactive ketones (excluding diaryl/α,β-unsaturated/α-hetero) is 1. The molecule has 1 fully saturated rings. The highest BCUT2D eigenvalue weighted by Gasteiger charge is 2.29. The molecule has 2 nitrogen and oxygen atoms in total. The summed E-state index contributed by atoms with van der Waals surface area (Å²) in [6.45, 7) is 6.39. The summed E-state index contributed by atoms with van der Waals surface area (Å²) in [6, 6.07) is 8.03. The lowest BCUT2D eigenvalue weighted by molar-refractivity contribution is 0.0958. The summed E-state index contributed by atoms with van der Waals surface area (Å²) in [5.74, 6) is 0.802. The Hall–Kier alpha value is -0.860. The topological polar surface area (TPSA) is 20.3 Å². The largest absolute Gasteiger partial charge is 0.300 e. The summed E-state index contributed by atoms with van der Waals surface area (Å²) in [6.07, 6.45) is 3.13. The quantitative estimate of drug-likeness (QED) is 0.702. The van der Waals surface area contributed by atoms with Gasteiger partial charge in [0.25, 0.3) is 0 Å². The lowest BCUT2D eigenvalue weighted by atomic mass is 10.1. The third-order valence-corrected chi connectivity index (χ3v) is 3.79. The van der Waals surface area contributed by atoms with Crippen molar-refractivity contribution in [3.63, 3.8) is 0 Å². The first-order valence-corrected chi connectivity index (χ1v) is 7.47. The maximum Gasteiger partial charge on any atom is 0.165 e.